The first-order valence-electron chi connectivity index (χ1n) is 10.00. The van der Waals surface area contributed by atoms with E-state index < -0.39 is 34.2 Å². The molecule has 0 aromatic carbocycles. The van der Waals surface area contributed by atoms with Gasteiger partial charge in [0.15, 0.2) is 0 Å². The highest BCUT2D eigenvalue weighted by Crippen LogP contribution is 2.40. The average Bonchev–Trinajstić information content (AvgIpc) is 3.33. The number of nitrogens with one attached hydrogen (secondary N) is 1. The van der Waals surface area contributed by atoms with Gasteiger partial charge in [-0.15, -0.1) is 0 Å². The van der Waals surface area contributed by atoms with E-state index >= 15 is 0 Å². The Balaban J connectivity index is 1.91. The van der Waals surface area contributed by atoms with Gasteiger partial charge in [0.2, 0.25) is 0 Å². The maximum Gasteiger partial charge on any atom is 0.433 e. The smallest absolute Gasteiger partial charge is 0.433 e. The topological polar surface area (TPSA) is 133 Å². The number of dihydropyridines is 1. The molecule has 2 aliphatic rings. The molecule has 2 aliphatic heterocycles. The maximum atomic E-state index is 13.1. The lowest BCUT2D eigenvalue weighted by molar-refractivity contribution is -0.402. The van der Waals surface area contributed by atoms with Gasteiger partial charge in [0.1, 0.15) is 10.7 Å². The number of carbonyl (C=O) groups is 2. The molecule has 1 aromatic heterocycles. The normalized spacial score (nSPS) is 22.5. The van der Waals surface area contributed by atoms with E-state index in [2.05, 4.69) is 10.3 Å². The zero-order valence-electron chi connectivity index (χ0n) is 18.6. The molecule has 0 fully saturated rings. The van der Waals surface area contributed by atoms with E-state index in [4.69, 9.17) is 13.9 Å². The summed E-state index contributed by atoms with van der Waals surface area (Å²) >= 11 is 0. The van der Waals surface area contributed by atoms with E-state index in [1.165, 1.54) is 19.2 Å². The van der Waals surface area contributed by atoms with Crippen molar-refractivity contribution < 1.29 is 28.4 Å². The highest BCUT2D eigenvalue weighted by molar-refractivity contribution is 5.99. The van der Waals surface area contributed by atoms with Crippen LogP contribution in [0.5, 0.6) is 0 Å². The number of nitrogens with zero attached hydrogens (tertiary/aromatic N) is 2. The molecule has 2 atom stereocenters. The second kappa shape index (κ2) is 8.81. The molecule has 1 aromatic rings. The minimum Gasteiger partial charge on any atom is -0.466 e. The molecule has 0 spiro atoms. The fourth-order valence-corrected chi connectivity index (χ4v) is 3.87. The van der Waals surface area contributed by atoms with E-state index in [1.54, 1.807) is 13.8 Å². The number of furan rings is 1. The Morgan fingerprint density at radius 3 is 2.41 bits per heavy atom. The van der Waals surface area contributed by atoms with E-state index in [1.807, 2.05) is 26.0 Å². The van der Waals surface area contributed by atoms with Crippen LogP contribution in [0.25, 0.3) is 0 Å². The summed E-state index contributed by atoms with van der Waals surface area (Å²) in [6.07, 6.45) is 4.34. The Morgan fingerprint density at radius 2 is 1.88 bits per heavy atom. The molecule has 32 heavy (non-hydrogen) atoms. The monoisotopic (exact) mass is 443 g/mol. The minimum atomic E-state index is -1.02. The van der Waals surface area contributed by atoms with Crippen molar-refractivity contribution in [1.29, 1.82) is 0 Å². The molecule has 10 nitrogen and oxygen atoms in total. The van der Waals surface area contributed by atoms with Crippen LogP contribution in [0.15, 0.2) is 56.2 Å². The summed E-state index contributed by atoms with van der Waals surface area (Å²) in [5, 5.41) is 14.1. The van der Waals surface area contributed by atoms with Crippen LogP contribution < -0.4 is 5.32 Å². The van der Waals surface area contributed by atoms with Crippen LogP contribution in [0.1, 0.15) is 45.8 Å². The number of hydrogen-bond donors (Lipinski definition) is 1. The lowest BCUT2D eigenvalue weighted by Gasteiger charge is -2.28. The maximum absolute atomic E-state index is 13.1. The number of aliphatic imine (C=N–C) groups is 1. The zero-order chi connectivity index (χ0) is 23.6. The van der Waals surface area contributed by atoms with E-state index in [0.717, 1.165) is 5.71 Å². The Labute approximate surface area is 184 Å². The molecule has 3 heterocycles. The summed E-state index contributed by atoms with van der Waals surface area (Å²) in [4.78, 5) is 40.6. The molecule has 0 amide bonds. The second-order valence-electron chi connectivity index (χ2n) is 7.89. The molecule has 1 N–H and O–H groups in total. The first kappa shape index (κ1) is 23.0. The molecule has 10 heteroatoms. The molecule has 3 rings (SSSR count). The lowest BCUT2D eigenvalue weighted by Crippen LogP contribution is -2.32. The first-order chi connectivity index (χ1) is 15.1. The number of methoxy groups -OCH3 is 1. The van der Waals surface area contributed by atoms with Crippen LogP contribution in [0.2, 0.25) is 0 Å². The number of allylic oxidation sites excluding steroid dienone is 3. The van der Waals surface area contributed by atoms with Crippen molar-refractivity contribution >= 4 is 23.5 Å². The summed E-state index contributed by atoms with van der Waals surface area (Å²) in [6, 6.07) is 2.54. The first-order valence-corrected chi connectivity index (χ1v) is 10.00. The van der Waals surface area contributed by atoms with Gasteiger partial charge in [0.05, 0.1) is 42.4 Å². The summed E-state index contributed by atoms with van der Waals surface area (Å²) in [6.45, 7) is 7.23. The zero-order valence-corrected chi connectivity index (χ0v) is 18.6. The van der Waals surface area contributed by atoms with Crippen molar-refractivity contribution in [3.05, 3.63) is 62.7 Å². The fourth-order valence-electron chi connectivity index (χ4n) is 3.87. The van der Waals surface area contributed by atoms with Gasteiger partial charge >= 0.3 is 17.8 Å². The molecule has 170 valence electrons. The number of rotatable bonds is 7. The quantitative estimate of drug-likeness (QED) is 0.385. The van der Waals surface area contributed by atoms with Crippen molar-refractivity contribution in [2.75, 3.05) is 13.7 Å². The van der Waals surface area contributed by atoms with Crippen LogP contribution in [0.3, 0.4) is 0 Å². The largest absolute Gasteiger partial charge is 0.466 e. The number of hydrogen-bond acceptors (Lipinski definition) is 9. The third kappa shape index (κ3) is 4.48. The molecule has 0 radical (unpaired) electrons. The van der Waals surface area contributed by atoms with Crippen molar-refractivity contribution in [2.24, 2.45) is 4.99 Å². The van der Waals surface area contributed by atoms with Gasteiger partial charge in [0.25, 0.3) is 0 Å². The molecule has 0 saturated heterocycles. The van der Waals surface area contributed by atoms with Crippen LogP contribution in [-0.2, 0) is 19.1 Å². The highest BCUT2D eigenvalue weighted by Gasteiger charge is 2.40. The Bertz CT molecular complexity index is 1090. The van der Waals surface area contributed by atoms with Crippen LogP contribution in [-0.4, -0.2) is 41.8 Å². The SMILES string of the molecule is COC(=O)C1=C(C)NC(C)=C(C(=O)OCCC2(C)C=CC(C)=N2)C1c1ccc([N+](=O)[O-])o1. The molecular weight excluding hydrogens is 418 g/mol. The summed E-state index contributed by atoms with van der Waals surface area (Å²) in [7, 11) is 1.21. The Hall–Kier alpha value is -3.69. The molecule has 2 unspecified atom stereocenters. The standard InChI is InChI=1S/C22H25N3O7/c1-12-8-9-22(4,24-12)10-11-31-21(27)18-14(3)23-13(2)17(20(26)30-5)19(18)15-6-7-16(32-15)25(28)29/h6-9,19,23H,10-11H2,1-5H3. The number of esters is 2. The summed E-state index contributed by atoms with van der Waals surface area (Å²) < 4.78 is 15.8. The van der Waals surface area contributed by atoms with E-state index in [9.17, 15) is 19.7 Å². The fraction of sp³-hybridized carbons (Fsp3) is 0.409. The molecular formula is C22H25N3O7. The van der Waals surface area contributed by atoms with Gasteiger partial charge in [-0.2, -0.15) is 0 Å². The lowest BCUT2D eigenvalue weighted by atomic mass is 9.83. The van der Waals surface area contributed by atoms with Gasteiger partial charge in [-0.25, -0.2) is 9.59 Å². The van der Waals surface area contributed by atoms with Gasteiger partial charge in [0, 0.05) is 23.5 Å². The van der Waals surface area contributed by atoms with E-state index in [0.29, 0.717) is 17.8 Å². The number of ether oxygens (including phenoxy) is 2. The predicted molar refractivity (Wildman–Crippen MR) is 115 cm³/mol. The van der Waals surface area contributed by atoms with Crippen LogP contribution >= 0.6 is 0 Å². The van der Waals surface area contributed by atoms with Crippen molar-refractivity contribution in [3.63, 3.8) is 0 Å². The summed E-state index contributed by atoms with van der Waals surface area (Å²) in [5.74, 6) is -2.81. The van der Waals surface area contributed by atoms with Crippen LogP contribution in [0, 0.1) is 10.1 Å². The number of carbonyl (C=O) groups excluding carboxylic acids is 2. The number of nitro groups is 1. The summed E-state index contributed by atoms with van der Waals surface area (Å²) in [5.41, 5.74) is 1.57. The van der Waals surface area contributed by atoms with Gasteiger partial charge in [-0.3, -0.25) is 15.1 Å². The van der Waals surface area contributed by atoms with Gasteiger partial charge in [-0.05, 0) is 39.8 Å². The average molecular weight is 443 g/mol. The Morgan fingerprint density at radius 1 is 1.22 bits per heavy atom. The minimum absolute atomic E-state index is 0.0650. The highest BCUT2D eigenvalue weighted by atomic mass is 16.6. The van der Waals surface area contributed by atoms with Crippen LogP contribution in [0.4, 0.5) is 5.88 Å². The predicted octanol–water partition coefficient (Wildman–Crippen LogP) is 3.32. The van der Waals surface area contributed by atoms with Crippen molar-refractivity contribution in [2.45, 2.75) is 45.6 Å². The van der Waals surface area contributed by atoms with Crippen molar-refractivity contribution in [1.82, 2.24) is 5.32 Å². The molecule has 0 bridgehead atoms. The van der Waals surface area contributed by atoms with E-state index in [-0.39, 0.29) is 23.5 Å². The molecule has 0 saturated carbocycles. The third-order valence-corrected chi connectivity index (χ3v) is 5.42. The second-order valence-corrected chi connectivity index (χ2v) is 7.89. The Kier molecular flexibility index (Phi) is 6.33. The van der Waals surface area contributed by atoms with Gasteiger partial charge < -0.3 is 19.2 Å². The molecule has 0 aliphatic carbocycles. The van der Waals surface area contributed by atoms with Crippen molar-refractivity contribution in [3.8, 4) is 0 Å². The third-order valence-electron chi connectivity index (χ3n) is 5.42. The van der Waals surface area contributed by atoms with Gasteiger partial charge in [-0.1, -0.05) is 6.08 Å².